The second-order valence-corrected chi connectivity index (χ2v) is 6.37. The summed E-state index contributed by atoms with van der Waals surface area (Å²) in [5.74, 6) is -0.552. The minimum Gasteiger partial charge on any atom is -0.395 e. The number of hydrogen-bond donors (Lipinski definition) is 4. The molecule has 0 bridgehead atoms. The fourth-order valence-electron chi connectivity index (χ4n) is 2.09. The number of carbonyl (C=O) groups is 1. The Bertz CT molecular complexity index is 642. The fraction of sp³-hybridized carbons (Fsp3) is 0.400. The molecule has 8 heteroatoms. The van der Waals surface area contributed by atoms with Gasteiger partial charge in [-0.3, -0.25) is 4.79 Å². The normalized spacial score (nSPS) is 12.1. The van der Waals surface area contributed by atoms with Crippen molar-refractivity contribution < 1.29 is 15.0 Å². The van der Waals surface area contributed by atoms with Crippen molar-refractivity contribution in [2.24, 2.45) is 0 Å². The molecule has 0 aliphatic rings. The first-order chi connectivity index (χ1) is 11.2. The number of aliphatic hydroxyl groups is 2. The number of amides is 1. The van der Waals surface area contributed by atoms with Crippen LogP contribution in [0.15, 0.2) is 24.3 Å². The topological polar surface area (TPSA) is 94.5 Å². The maximum atomic E-state index is 12.0. The number of thiocarbonyl (C=S) groups is 1. The summed E-state index contributed by atoms with van der Waals surface area (Å²) >= 11 is 6.88. The van der Waals surface area contributed by atoms with Gasteiger partial charge in [-0.25, -0.2) is 4.98 Å². The summed E-state index contributed by atoms with van der Waals surface area (Å²) in [4.78, 5) is 17.1. The highest BCUT2D eigenvalue weighted by Crippen LogP contribution is 2.30. The van der Waals surface area contributed by atoms with Crippen LogP contribution in [0, 0.1) is 0 Å². The van der Waals surface area contributed by atoms with Crippen molar-refractivity contribution in [3.63, 3.8) is 0 Å². The standard InChI is InChI=1S/C15H19N3O3S2/c19-7-5-16-13(21)9-10(14(22)17-6-8-20)15-18-11-3-1-2-4-12(11)23-15/h1-4,10,19-20H,5-9H2,(H,16,21)(H,17,22). The first-order valence-electron chi connectivity index (χ1n) is 7.27. The van der Waals surface area contributed by atoms with Gasteiger partial charge in [0.15, 0.2) is 0 Å². The molecule has 0 saturated carbocycles. The smallest absolute Gasteiger partial charge is 0.221 e. The van der Waals surface area contributed by atoms with Gasteiger partial charge >= 0.3 is 0 Å². The first kappa shape index (κ1) is 17.7. The molecule has 2 aromatic rings. The molecule has 1 aromatic heterocycles. The third-order valence-electron chi connectivity index (χ3n) is 3.16. The monoisotopic (exact) mass is 353 g/mol. The van der Waals surface area contributed by atoms with Gasteiger partial charge in [0.2, 0.25) is 5.91 Å². The number of thiazole rings is 1. The van der Waals surface area contributed by atoms with E-state index in [1.807, 2.05) is 24.3 Å². The zero-order valence-electron chi connectivity index (χ0n) is 12.5. The predicted molar refractivity (Wildman–Crippen MR) is 94.8 cm³/mol. The van der Waals surface area contributed by atoms with E-state index in [0.29, 0.717) is 11.5 Å². The number of para-hydroxylation sites is 1. The highest BCUT2D eigenvalue weighted by atomic mass is 32.1. The third kappa shape index (κ3) is 4.93. The Morgan fingerprint density at radius 1 is 1.22 bits per heavy atom. The molecule has 1 amide bonds. The van der Waals surface area contributed by atoms with E-state index in [9.17, 15) is 4.79 Å². The number of aliphatic hydroxyl groups excluding tert-OH is 2. The Morgan fingerprint density at radius 2 is 1.91 bits per heavy atom. The van der Waals surface area contributed by atoms with E-state index < -0.39 is 0 Å². The van der Waals surface area contributed by atoms with Crippen LogP contribution in [0.25, 0.3) is 10.2 Å². The molecule has 6 nitrogen and oxygen atoms in total. The zero-order valence-corrected chi connectivity index (χ0v) is 14.1. The Balaban J connectivity index is 2.20. The number of aromatic nitrogens is 1. The van der Waals surface area contributed by atoms with Crippen LogP contribution in [0.1, 0.15) is 17.3 Å². The molecule has 0 fully saturated rings. The summed E-state index contributed by atoms with van der Waals surface area (Å²) in [6.45, 7) is 0.398. The van der Waals surface area contributed by atoms with Crippen LogP contribution in [0.5, 0.6) is 0 Å². The molecule has 0 spiro atoms. The lowest BCUT2D eigenvalue weighted by Crippen LogP contribution is -2.34. The van der Waals surface area contributed by atoms with Crippen molar-refractivity contribution in [3.05, 3.63) is 29.3 Å². The quantitative estimate of drug-likeness (QED) is 0.524. The second-order valence-electron chi connectivity index (χ2n) is 4.86. The van der Waals surface area contributed by atoms with Crippen molar-refractivity contribution in [1.29, 1.82) is 0 Å². The fourth-order valence-corrected chi connectivity index (χ4v) is 3.54. The van der Waals surface area contributed by atoms with E-state index >= 15 is 0 Å². The summed E-state index contributed by atoms with van der Waals surface area (Å²) in [6, 6.07) is 7.75. The summed E-state index contributed by atoms with van der Waals surface area (Å²) in [6.07, 6.45) is 0.150. The van der Waals surface area contributed by atoms with Crippen molar-refractivity contribution >= 4 is 44.7 Å². The summed E-state index contributed by atoms with van der Waals surface area (Å²) < 4.78 is 1.04. The molecular weight excluding hydrogens is 334 g/mol. The molecule has 1 unspecified atom stereocenters. The van der Waals surface area contributed by atoms with Crippen LogP contribution < -0.4 is 10.6 Å². The maximum absolute atomic E-state index is 12.0. The van der Waals surface area contributed by atoms with Crippen LogP contribution in [-0.4, -0.2) is 52.4 Å². The minimum atomic E-state index is -0.354. The molecule has 0 aliphatic heterocycles. The average Bonchev–Trinajstić information content (AvgIpc) is 2.99. The van der Waals surface area contributed by atoms with Crippen LogP contribution in [0.2, 0.25) is 0 Å². The Morgan fingerprint density at radius 3 is 2.61 bits per heavy atom. The van der Waals surface area contributed by atoms with Gasteiger partial charge in [-0.2, -0.15) is 0 Å². The van der Waals surface area contributed by atoms with Crippen molar-refractivity contribution in [2.45, 2.75) is 12.3 Å². The van der Waals surface area contributed by atoms with Gasteiger partial charge in [0.25, 0.3) is 0 Å². The van der Waals surface area contributed by atoms with E-state index in [-0.39, 0.29) is 38.0 Å². The number of nitrogens with zero attached hydrogens (tertiary/aromatic N) is 1. The number of rotatable bonds is 8. The molecule has 1 aromatic carbocycles. The van der Waals surface area contributed by atoms with Gasteiger partial charge in [-0.15, -0.1) is 11.3 Å². The molecular formula is C15H19N3O3S2. The highest BCUT2D eigenvalue weighted by Gasteiger charge is 2.24. The van der Waals surface area contributed by atoms with Gasteiger partial charge in [0, 0.05) is 19.5 Å². The van der Waals surface area contributed by atoms with Crippen LogP contribution >= 0.6 is 23.6 Å². The third-order valence-corrected chi connectivity index (χ3v) is 4.74. The second kappa shape index (κ2) is 8.88. The van der Waals surface area contributed by atoms with Gasteiger partial charge < -0.3 is 20.8 Å². The minimum absolute atomic E-state index is 0.0383. The molecule has 4 N–H and O–H groups in total. The number of benzene rings is 1. The Hall–Kier alpha value is -1.61. The zero-order chi connectivity index (χ0) is 16.7. The number of hydrogen-bond acceptors (Lipinski definition) is 6. The predicted octanol–water partition coefficient (Wildman–Crippen LogP) is 0.788. The maximum Gasteiger partial charge on any atom is 0.221 e. The highest BCUT2D eigenvalue weighted by molar-refractivity contribution is 7.80. The Kier molecular flexibility index (Phi) is 6.85. The molecule has 23 heavy (non-hydrogen) atoms. The molecule has 1 heterocycles. The Labute approximate surface area is 143 Å². The SMILES string of the molecule is O=C(CC(C(=S)NCCO)c1nc2ccccc2s1)NCCO. The first-order valence-corrected chi connectivity index (χ1v) is 8.49. The largest absolute Gasteiger partial charge is 0.395 e. The molecule has 124 valence electrons. The molecule has 0 aliphatic carbocycles. The van der Waals surface area contributed by atoms with Crippen molar-refractivity contribution in [3.8, 4) is 0 Å². The van der Waals surface area contributed by atoms with Gasteiger partial charge in [-0.1, -0.05) is 24.4 Å². The van der Waals surface area contributed by atoms with Gasteiger partial charge in [0.05, 0.1) is 34.3 Å². The van der Waals surface area contributed by atoms with Gasteiger partial charge in [0.1, 0.15) is 5.01 Å². The van der Waals surface area contributed by atoms with Crippen LogP contribution in [0.3, 0.4) is 0 Å². The van der Waals surface area contributed by atoms with E-state index in [1.165, 1.54) is 11.3 Å². The van der Waals surface area contributed by atoms with Crippen molar-refractivity contribution in [1.82, 2.24) is 15.6 Å². The number of fused-ring (bicyclic) bond motifs is 1. The van der Waals surface area contributed by atoms with E-state index in [1.54, 1.807) is 0 Å². The summed E-state index contributed by atoms with van der Waals surface area (Å²) in [7, 11) is 0. The number of carbonyl (C=O) groups excluding carboxylic acids is 1. The van der Waals surface area contributed by atoms with E-state index in [2.05, 4.69) is 15.6 Å². The molecule has 0 radical (unpaired) electrons. The summed E-state index contributed by atoms with van der Waals surface area (Å²) in [5.41, 5.74) is 0.873. The van der Waals surface area contributed by atoms with Crippen LogP contribution in [0.4, 0.5) is 0 Å². The van der Waals surface area contributed by atoms with Gasteiger partial charge in [-0.05, 0) is 12.1 Å². The molecule has 0 saturated heterocycles. The van der Waals surface area contributed by atoms with E-state index in [4.69, 9.17) is 22.4 Å². The lowest BCUT2D eigenvalue weighted by molar-refractivity contribution is -0.121. The lowest BCUT2D eigenvalue weighted by atomic mass is 10.1. The van der Waals surface area contributed by atoms with Crippen LogP contribution in [-0.2, 0) is 4.79 Å². The molecule has 2 rings (SSSR count). The van der Waals surface area contributed by atoms with Crippen molar-refractivity contribution in [2.75, 3.05) is 26.3 Å². The lowest BCUT2D eigenvalue weighted by Gasteiger charge is -2.16. The van der Waals surface area contributed by atoms with E-state index in [0.717, 1.165) is 15.2 Å². The summed E-state index contributed by atoms with van der Waals surface area (Å²) in [5, 5.41) is 24.1. The average molecular weight is 353 g/mol. The number of nitrogens with one attached hydrogen (secondary N) is 2. The molecule has 1 atom stereocenters.